The summed E-state index contributed by atoms with van der Waals surface area (Å²) in [6.07, 6.45) is 1.44. The number of ether oxygens (including phenoxy) is 1. The van der Waals surface area contributed by atoms with Gasteiger partial charge >= 0.3 is 0 Å². The minimum absolute atomic E-state index is 0.330. The summed E-state index contributed by atoms with van der Waals surface area (Å²) in [5.41, 5.74) is 1.06. The van der Waals surface area contributed by atoms with E-state index in [9.17, 15) is 5.11 Å². The number of aliphatic hydroxyl groups is 1. The maximum Gasteiger partial charge on any atom is 0.128 e. The van der Waals surface area contributed by atoms with E-state index in [2.05, 4.69) is 23.7 Å². The molecule has 0 bridgehead atoms. The molecule has 22 heavy (non-hydrogen) atoms. The van der Waals surface area contributed by atoms with Gasteiger partial charge < -0.3 is 14.8 Å². The Morgan fingerprint density at radius 3 is 2.86 bits per heavy atom. The molecule has 3 rings (SSSR count). The Labute approximate surface area is 135 Å². The summed E-state index contributed by atoms with van der Waals surface area (Å²) in [6, 6.07) is 7.94. The van der Waals surface area contributed by atoms with Crippen molar-refractivity contribution < 1.29 is 9.84 Å². The number of nitrogens with zero attached hydrogens (tertiary/aromatic N) is 1. The summed E-state index contributed by atoms with van der Waals surface area (Å²) < 4.78 is 5.83. The van der Waals surface area contributed by atoms with Crippen molar-refractivity contribution in [3.8, 4) is 5.75 Å². The van der Waals surface area contributed by atoms with Crippen LogP contribution < -0.4 is 4.74 Å². The number of hydrogen-bond donors (Lipinski definition) is 2. The van der Waals surface area contributed by atoms with Crippen molar-refractivity contribution in [3.05, 3.63) is 30.5 Å². The molecule has 2 heterocycles. The number of aromatic amines is 1. The standard InChI is InChI=1S/C17H24N2O2S/c1-12-8-19(9-13(2)22-12)10-14(20)11-21-17-5-3-4-16-15(17)6-7-18-16/h3-7,12-14,18,20H,8-11H2,1-2H3. The molecule has 0 aliphatic carbocycles. The molecule has 4 nitrogen and oxygen atoms in total. The third-order valence-electron chi connectivity index (χ3n) is 3.95. The van der Waals surface area contributed by atoms with Crippen molar-refractivity contribution in [1.29, 1.82) is 0 Å². The van der Waals surface area contributed by atoms with Crippen molar-refractivity contribution in [2.24, 2.45) is 0 Å². The van der Waals surface area contributed by atoms with E-state index in [1.165, 1.54) is 0 Å². The normalized spacial score (nSPS) is 24.5. The molecule has 1 aliphatic rings. The third-order valence-corrected chi connectivity index (χ3v) is 5.18. The molecule has 0 saturated carbocycles. The van der Waals surface area contributed by atoms with Gasteiger partial charge in [-0.3, -0.25) is 4.90 Å². The predicted octanol–water partition coefficient (Wildman–Crippen LogP) is 2.73. The maximum absolute atomic E-state index is 10.3. The molecule has 1 aromatic heterocycles. The average molecular weight is 320 g/mol. The zero-order valence-corrected chi connectivity index (χ0v) is 14.0. The van der Waals surface area contributed by atoms with Crippen molar-refractivity contribution in [1.82, 2.24) is 9.88 Å². The molecule has 0 radical (unpaired) electrons. The Hall–Kier alpha value is -1.17. The Kier molecular flexibility index (Phi) is 4.96. The van der Waals surface area contributed by atoms with Gasteiger partial charge in [-0.15, -0.1) is 0 Å². The van der Waals surface area contributed by atoms with E-state index in [1.807, 2.05) is 42.2 Å². The van der Waals surface area contributed by atoms with Crippen LogP contribution in [0.1, 0.15) is 13.8 Å². The number of aromatic nitrogens is 1. The molecule has 1 aliphatic heterocycles. The summed E-state index contributed by atoms with van der Waals surface area (Å²) in [7, 11) is 0. The fourth-order valence-electron chi connectivity index (χ4n) is 3.15. The minimum Gasteiger partial charge on any atom is -0.490 e. The highest BCUT2D eigenvalue weighted by Crippen LogP contribution is 2.26. The van der Waals surface area contributed by atoms with Crippen LogP contribution >= 0.6 is 11.8 Å². The molecule has 1 aromatic carbocycles. The van der Waals surface area contributed by atoms with Crippen LogP contribution in [-0.2, 0) is 0 Å². The third kappa shape index (κ3) is 3.77. The van der Waals surface area contributed by atoms with Crippen LogP contribution in [0.2, 0.25) is 0 Å². The van der Waals surface area contributed by atoms with E-state index in [1.54, 1.807) is 0 Å². The van der Waals surface area contributed by atoms with Crippen molar-refractivity contribution in [3.63, 3.8) is 0 Å². The first-order valence-corrected chi connectivity index (χ1v) is 8.81. The number of H-pyrrole nitrogens is 1. The average Bonchev–Trinajstić information content (AvgIpc) is 2.92. The molecule has 0 amide bonds. The summed E-state index contributed by atoms with van der Waals surface area (Å²) in [5.74, 6) is 0.828. The smallest absolute Gasteiger partial charge is 0.128 e. The summed E-state index contributed by atoms with van der Waals surface area (Å²) in [4.78, 5) is 5.51. The van der Waals surface area contributed by atoms with Crippen molar-refractivity contribution in [2.75, 3.05) is 26.2 Å². The SMILES string of the molecule is CC1CN(CC(O)COc2cccc3[nH]ccc23)CC(C)S1. The van der Waals surface area contributed by atoms with E-state index in [4.69, 9.17) is 4.74 Å². The van der Waals surface area contributed by atoms with Crippen LogP contribution in [0, 0.1) is 0 Å². The Morgan fingerprint density at radius 1 is 1.32 bits per heavy atom. The van der Waals surface area contributed by atoms with E-state index in [0.717, 1.165) is 29.7 Å². The molecule has 2 N–H and O–H groups in total. The van der Waals surface area contributed by atoms with Crippen LogP contribution in [-0.4, -0.2) is 57.8 Å². The largest absolute Gasteiger partial charge is 0.490 e. The number of aliphatic hydroxyl groups excluding tert-OH is 1. The van der Waals surface area contributed by atoms with Gasteiger partial charge in [0.25, 0.3) is 0 Å². The van der Waals surface area contributed by atoms with Gasteiger partial charge in [0.05, 0.1) is 0 Å². The molecule has 1 fully saturated rings. The van der Waals surface area contributed by atoms with Crippen LogP contribution in [0.25, 0.3) is 10.9 Å². The molecule has 1 saturated heterocycles. The van der Waals surface area contributed by atoms with Gasteiger partial charge in [0, 0.05) is 47.2 Å². The molecule has 2 aromatic rings. The number of rotatable bonds is 5. The van der Waals surface area contributed by atoms with Gasteiger partial charge in [-0.25, -0.2) is 0 Å². The van der Waals surface area contributed by atoms with Crippen molar-refractivity contribution >= 4 is 22.7 Å². The van der Waals surface area contributed by atoms with Gasteiger partial charge in [-0.05, 0) is 18.2 Å². The highest BCUT2D eigenvalue weighted by Gasteiger charge is 2.24. The van der Waals surface area contributed by atoms with Gasteiger partial charge in [-0.2, -0.15) is 11.8 Å². The lowest BCUT2D eigenvalue weighted by Gasteiger charge is -2.35. The Balaban J connectivity index is 1.54. The van der Waals surface area contributed by atoms with Gasteiger partial charge in [-0.1, -0.05) is 19.9 Å². The van der Waals surface area contributed by atoms with Crippen LogP contribution in [0.3, 0.4) is 0 Å². The lowest BCUT2D eigenvalue weighted by molar-refractivity contribution is 0.0683. The molecule has 0 spiro atoms. The number of nitrogens with one attached hydrogen (secondary N) is 1. The zero-order chi connectivity index (χ0) is 15.5. The van der Waals surface area contributed by atoms with Crippen LogP contribution in [0.4, 0.5) is 0 Å². The number of fused-ring (bicyclic) bond motifs is 1. The molecule has 3 atom stereocenters. The van der Waals surface area contributed by atoms with E-state index in [0.29, 0.717) is 23.7 Å². The van der Waals surface area contributed by atoms with Crippen LogP contribution in [0.5, 0.6) is 5.75 Å². The zero-order valence-electron chi connectivity index (χ0n) is 13.2. The number of hydrogen-bond acceptors (Lipinski definition) is 4. The Bertz CT molecular complexity index is 605. The van der Waals surface area contributed by atoms with E-state index < -0.39 is 6.10 Å². The predicted molar refractivity (Wildman–Crippen MR) is 92.8 cm³/mol. The molecular formula is C17H24N2O2S. The second-order valence-corrected chi connectivity index (χ2v) is 8.02. The topological polar surface area (TPSA) is 48.5 Å². The fourth-order valence-corrected chi connectivity index (χ4v) is 4.54. The first-order valence-electron chi connectivity index (χ1n) is 7.86. The summed E-state index contributed by atoms with van der Waals surface area (Å²) >= 11 is 2.03. The second-order valence-electron chi connectivity index (χ2n) is 6.14. The lowest BCUT2D eigenvalue weighted by Crippen LogP contribution is -2.45. The first-order chi connectivity index (χ1) is 10.6. The van der Waals surface area contributed by atoms with Crippen molar-refractivity contribution in [2.45, 2.75) is 30.5 Å². The quantitative estimate of drug-likeness (QED) is 0.889. The van der Waals surface area contributed by atoms with Gasteiger partial charge in [0.2, 0.25) is 0 Å². The second kappa shape index (κ2) is 6.94. The fraction of sp³-hybridized carbons (Fsp3) is 0.529. The molecule has 120 valence electrons. The highest BCUT2D eigenvalue weighted by atomic mass is 32.2. The highest BCUT2D eigenvalue weighted by molar-refractivity contribution is 8.00. The molecule has 5 heteroatoms. The molecular weight excluding hydrogens is 296 g/mol. The van der Waals surface area contributed by atoms with E-state index in [-0.39, 0.29) is 0 Å². The molecule has 3 unspecified atom stereocenters. The van der Waals surface area contributed by atoms with E-state index >= 15 is 0 Å². The monoisotopic (exact) mass is 320 g/mol. The number of thioether (sulfide) groups is 1. The lowest BCUT2D eigenvalue weighted by atomic mass is 10.2. The minimum atomic E-state index is -0.461. The first kappa shape index (κ1) is 15.7. The number of β-amino-alcohol motifs (C(OH)–C–C–N with tert-alkyl or cyclic N) is 1. The summed E-state index contributed by atoms with van der Waals surface area (Å²) in [6.45, 7) is 7.60. The Morgan fingerprint density at radius 2 is 2.09 bits per heavy atom. The van der Waals surface area contributed by atoms with Crippen LogP contribution in [0.15, 0.2) is 30.5 Å². The summed E-state index contributed by atoms with van der Waals surface area (Å²) in [5, 5.41) is 12.6. The van der Waals surface area contributed by atoms with Gasteiger partial charge in [0.15, 0.2) is 0 Å². The maximum atomic E-state index is 10.3. The van der Waals surface area contributed by atoms with Gasteiger partial charge in [0.1, 0.15) is 18.5 Å². The number of benzene rings is 1.